The van der Waals surface area contributed by atoms with Crippen molar-refractivity contribution in [1.29, 1.82) is 0 Å². The summed E-state index contributed by atoms with van der Waals surface area (Å²) < 4.78 is 8.88. The average molecular weight is 233 g/mol. The van der Waals surface area contributed by atoms with Gasteiger partial charge in [0.15, 0.2) is 6.29 Å². The summed E-state index contributed by atoms with van der Waals surface area (Å²) in [5.41, 5.74) is -0.241. The van der Waals surface area contributed by atoms with Crippen LogP contribution in [0.4, 0.5) is 0 Å². The van der Waals surface area contributed by atoms with Gasteiger partial charge in [-0.05, 0) is 12.5 Å². The van der Waals surface area contributed by atoms with Crippen LogP contribution in [0, 0.1) is 10.1 Å². The van der Waals surface area contributed by atoms with Crippen molar-refractivity contribution in [2.24, 2.45) is 0 Å². The first-order chi connectivity index (χ1) is 7.51. The van der Waals surface area contributed by atoms with Crippen LogP contribution in [-0.2, 0) is 14.3 Å². The van der Waals surface area contributed by atoms with Gasteiger partial charge in [0.25, 0.3) is 5.70 Å². The zero-order valence-corrected chi connectivity index (χ0v) is 9.21. The van der Waals surface area contributed by atoms with Crippen molar-refractivity contribution in [3.05, 3.63) is 21.9 Å². The lowest BCUT2D eigenvalue weighted by molar-refractivity contribution is -0.427. The van der Waals surface area contributed by atoms with Crippen LogP contribution < -0.4 is 0 Å². The Hall–Kier alpha value is -1.47. The average Bonchev–Trinajstić information content (AvgIpc) is 2.26. The molecule has 0 aromatic rings. The Morgan fingerprint density at radius 2 is 2.19 bits per heavy atom. The number of aliphatic hydroxyl groups is 1. The Labute approximate surface area is 92.8 Å². The van der Waals surface area contributed by atoms with E-state index in [0.717, 1.165) is 7.11 Å². The van der Waals surface area contributed by atoms with Gasteiger partial charge in [-0.3, -0.25) is 14.9 Å². The van der Waals surface area contributed by atoms with E-state index in [0.29, 0.717) is 0 Å². The fourth-order valence-electron chi connectivity index (χ4n) is 0.942. The summed E-state index contributed by atoms with van der Waals surface area (Å²) in [7, 11) is 2.49. The van der Waals surface area contributed by atoms with Crippen LogP contribution in [0.5, 0.6) is 0 Å². The molecule has 0 fully saturated rings. The second kappa shape index (κ2) is 7.77. The maximum absolute atomic E-state index is 10.8. The molecule has 1 N–H and O–H groups in total. The van der Waals surface area contributed by atoms with E-state index in [2.05, 4.69) is 9.47 Å². The lowest BCUT2D eigenvalue weighted by atomic mass is 10.2. The van der Waals surface area contributed by atoms with E-state index >= 15 is 0 Å². The molecule has 1 unspecified atom stereocenters. The number of esters is 1. The van der Waals surface area contributed by atoms with Crippen molar-refractivity contribution in [2.45, 2.75) is 25.6 Å². The summed E-state index contributed by atoms with van der Waals surface area (Å²) in [5, 5.41) is 19.6. The third-order valence-electron chi connectivity index (χ3n) is 1.85. The first-order valence-corrected chi connectivity index (χ1v) is 4.62. The maximum Gasteiger partial charge on any atom is 0.316 e. The van der Waals surface area contributed by atoms with Gasteiger partial charge in [-0.2, -0.15) is 0 Å². The highest BCUT2D eigenvalue weighted by atomic mass is 16.6. The van der Waals surface area contributed by atoms with Crippen LogP contribution in [0.1, 0.15) is 19.3 Å². The molecule has 0 spiro atoms. The lowest BCUT2D eigenvalue weighted by Gasteiger charge is -2.05. The van der Waals surface area contributed by atoms with Crippen molar-refractivity contribution in [3.63, 3.8) is 0 Å². The molecule has 7 heteroatoms. The van der Waals surface area contributed by atoms with Gasteiger partial charge >= 0.3 is 5.97 Å². The Balaban J connectivity index is 4.25. The molecule has 92 valence electrons. The fraction of sp³-hybridized carbons (Fsp3) is 0.667. The molecule has 0 rings (SSSR count). The molecule has 0 aromatic carbocycles. The highest BCUT2D eigenvalue weighted by Gasteiger charge is 2.16. The molecule has 0 saturated carbocycles. The standard InChI is InChI=1S/C9H15NO6/c1-15-8(11)5-3-4-7(10(13)14)6-9(12)16-2/h4,8,11H,3,5-6H2,1-2H3/b7-4-. The monoisotopic (exact) mass is 233 g/mol. The zero-order chi connectivity index (χ0) is 12.6. The molecule has 0 aliphatic heterocycles. The first kappa shape index (κ1) is 14.5. The molecule has 0 radical (unpaired) electrons. The molecule has 0 heterocycles. The van der Waals surface area contributed by atoms with Crippen molar-refractivity contribution < 1.29 is 24.3 Å². The molecule has 7 nitrogen and oxygen atoms in total. The normalized spacial score (nSPS) is 13.3. The second-order valence-corrected chi connectivity index (χ2v) is 2.97. The number of methoxy groups -OCH3 is 2. The van der Waals surface area contributed by atoms with Gasteiger partial charge in [0.2, 0.25) is 0 Å². The van der Waals surface area contributed by atoms with Crippen molar-refractivity contribution in [3.8, 4) is 0 Å². The minimum absolute atomic E-state index is 0.231. The minimum Gasteiger partial charge on any atom is -0.469 e. The second-order valence-electron chi connectivity index (χ2n) is 2.97. The molecule has 16 heavy (non-hydrogen) atoms. The SMILES string of the molecule is COC(=O)C/C(=C/CCC(O)OC)[N+](=O)[O-]. The number of ether oxygens (including phenoxy) is 2. The predicted octanol–water partition coefficient (Wildman–Crippen LogP) is 0.455. The van der Waals surface area contributed by atoms with Gasteiger partial charge in [0.1, 0.15) is 6.42 Å². The molecule has 0 aromatic heterocycles. The highest BCUT2D eigenvalue weighted by Crippen LogP contribution is 2.08. The predicted molar refractivity (Wildman–Crippen MR) is 54.0 cm³/mol. The van der Waals surface area contributed by atoms with Crippen LogP contribution in [-0.4, -0.2) is 36.5 Å². The third kappa shape index (κ3) is 6.10. The van der Waals surface area contributed by atoms with Crippen LogP contribution in [0.2, 0.25) is 0 Å². The highest BCUT2D eigenvalue weighted by molar-refractivity contribution is 5.71. The molecular weight excluding hydrogens is 218 g/mol. The third-order valence-corrected chi connectivity index (χ3v) is 1.85. The molecule has 0 aliphatic rings. The zero-order valence-electron chi connectivity index (χ0n) is 9.21. The number of hydrogen-bond donors (Lipinski definition) is 1. The summed E-state index contributed by atoms with van der Waals surface area (Å²) in [5.74, 6) is -0.671. The van der Waals surface area contributed by atoms with E-state index in [1.165, 1.54) is 13.2 Å². The van der Waals surface area contributed by atoms with Crippen LogP contribution >= 0.6 is 0 Å². The van der Waals surface area contributed by atoms with Crippen LogP contribution in [0.25, 0.3) is 0 Å². The number of allylic oxidation sites excluding steroid dienone is 1. The summed E-state index contributed by atoms with van der Waals surface area (Å²) in [6, 6.07) is 0. The van der Waals surface area contributed by atoms with E-state index in [9.17, 15) is 14.9 Å². The summed E-state index contributed by atoms with van der Waals surface area (Å²) >= 11 is 0. The maximum atomic E-state index is 10.8. The van der Waals surface area contributed by atoms with Gasteiger partial charge in [0, 0.05) is 13.5 Å². The number of rotatable bonds is 7. The van der Waals surface area contributed by atoms with Crippen LogP contribution in [0.3, 0.4) is 0 Å². The smallest absolute Gasteiger partial charge is 0.316 e. The molecule has 0 amide bonds. The molecule has 0 bridgehead atoms. The number of carbonyl (C=O) groups is 1. The lowest BCUT2D eigenvalue weighted by Crippen LogP contribution is -2.10. The summed E-state index contributed by atoms with van der Waals surface area (Å²) in [6.45, 7) is 0. The number of hydrogen-bond acceptors (Lipinski definition) is 6. The number of nitro groups is 1. The van der Waals surface area contributed by atoms with E-state index in [1.54, 1.807) is 0 Å². The fourth-order valence-corrected chi connectivity index (χ4v) is 0.942. The first-order valence-electron chi connectivity index (χ1n) is 4.62. The van der Waals surface area contributed by atoms with Gasteiger partial charge in [-0.15, -0.1) is 0 Å². The van der Waals surface area contributed by atoms with Crippen LogP contribution in [0.15, 0.2) is 11.8 Å². The number of carbonyl (C=O) groups excluding carboxylic acids is 1. The topological polar surface area (TPSA) is 98.9 Å². The number of aliphatic hydroxyl groups excluding tert-OH is 1. The van der Waals surface area contributed by atoms with E-state index < -0.39 is 17.2 Å². The quantitative estimate of drug-likeness (QED) is 0.297. The van der Waals surface area contributed by atoms with Gasteiger partial charge < -0.3 is 14.6 Å². The summed E-state index contributed by atoms with van der Waals surface area (Å²) in [4.78, 5) is 20.7. The molecule has 1 atom stereocenters. The Kier molecular flexibility index (Phi) is 7.06. The molecule has 0 saturated heterocycles. The van der Waals surface area contributed by atoms with Gasteiger partial charge in [-0.25, -0.2) is 0 Å². The number of nitrogens with zero attached hydrogens (tertiary/aromatic N) is 1. The molecule has 0 aliphatic carbocycles. The van der Waals surface area contributed by atoms with Crippen molar-refractivity contribution in [1.82, 2.24) is 0 Å². The van der Waals surface area contributed by atoms with E-state index in [1.807, 2.05) is 0 Å². The van der Waals surface area contributed by atoms with Crippen molar-refractivity contribution >= 4 is 5.97 Å². The Morgan fingerprint density at radius 3 is 2.62 bits per heavy atom. The largest absolute Gasteiger partial charge is 0.469 e. The molecular formula is C9H15NO6. The Bertz CT molecular complexity index is 275. The van der Waals surface area contributed by atoms with Crippen molar-refractivity contribution in [2.75, 3.05) is 14.2 Å². The van der Waals surface area contributed by atoms with Gasteiger partial charge in [-0.1, -0.05) is 0 Å². The van der Waals surface area contributed by atoms with Gasteiger partial charge in [0.05, 0.1) is 12.0 Å². The van der Waals surface area contributed by atoms with E-state index in [-0.39, 0.29) is 25.0 Å². The van der Waals surface area contributed by atoms with E-state index in [4.69, 9.17) is 5.11 Å². The Morgan fingerprint density at radius 1 is 1.56 bits per heavy atom. The minimum atomic E-state index is -0.956. The summed E-state index contributed by atoms with van der Waals surface area (Å²) in [6.07, 6.45) is 0.422.